The molecule has 1 N–H and O–H groups in total. The summed E-state index contributed by atoms with van der Waals surface area (Å²) < 4.78 is 0. The van der Waals surface area contributed by atoms with Gasteiger partial charge in [0.15, 0.2) is 0 Å². The van der Waals surface area contributed by atoms with E-state index in [4.69, 9.17) is 0 Å². The van der Waals surface area contributed by atoms with Gasteiger partial charge in [-0.1, -0.05) is 12.2 Å². The maximum absolute atomic E-state index is 12.4. The van der Waals surface area contributed by atoms with E-state index in [0.717, 1.165) is 18.5 Å². The second-order valence-corrected chi connectivity index (χ2v) is 6.30. The Morgan fingerprint density at radius 3 is 2.62 bits per heavy atom. The standard InChI is InChI=1S/C15H25N3O3/c1-11-7-13(15(21)17-9-12(19)10-17)18(8-11)14(20)5-4-6-16(2)3/h12-13,19H,1,4-10H2,2-3H3/t13-/m0/s1. The fourth-order valence-corrected chi connectivity index (χ4v) is 2.82. The largest absolute Gasteiger partial charge is 0.389 e. The Morgan fingerprint density at radius 2 is 2.05 bits per heavy atom. The van der Waals surface area contributed by atoms with E-state index < -0.39 is 12.1 Å². The topological polar surface area (TPSA) is 64.1 Å². The maximum Gasteiger partial charge on any atom is 0.245 e. The van der Waals surface area contributed by atoms with Gasteiger partial charge in [0, 0.05) is 26.1 Å². The Balaban J connectivity index is 1.91. The lowest BCUT2D eigenvalue weighted by Gasteiger charge is -2.39. The highest BCUT2D eigenvalue weighted by Crippen LogP contribution is 2.25. The SMILES string of the molecule is C=C1C[C@@H](C(=O)N2CC(O)C2)N(C(=O)CCCN(C)C)C1. The van der Waals surface area contributed by atoms with Gasteiger partial charge >= 0.3 is 0 Å². The maximum atomic E-state index is 12.4. The molecule has 6 heteroatoms. The molecular weight excluding hydrogens is 270 g/mol. The van der Waals surface area contributed by atoms with Crippen molar-refractivity contribution >= 4 is 11.8 Å². The second-order valence-electron chi connectivity index (χ2n) is 6.30. The summed E-state index contributed by atoms with van der Waals surface area (Å²) >= 11 is 0. The Morgan fingerprint density at radius 1 is 1.38 bits per heavy atom. The van der Waals surface area contributed by atoms with E-state index in [1.807, 2.05) is 19.0 Å². The Bertz CT molecular complexity index is 430. The van der Waals surface area contributed by atoms with Gasteiger partial charge < -0.3 is 19.8 Å². The second kappa shape index (κ2) is 6.58. The van der Waals surface area contributed by atoms with Crippen LogP contribution in [0.5, 0.6) is 0 Å². The summed E-state index contributed by atoms with van der Waals surface area (Å²) in [7, 11) is 3.95. The van der Waals surface area contributed by atoms with Gasteiger partial charge in [-0.2, -0.15) is 0 Å². The fraction of sp³-hybridized carbons (Fsp3) is 0.733. The van der Waals surface area contributed by atoms with Gasteiger partial charge in [-0.25, -0.2) is 0 Å². The number of carbonyl (C=O) groups excluding carboxylic acids is 2. The van der Waals surface area contributed by atoms with Crippen LogP contribution >= 0.6 is 0 Å². The Labute approximate surface area is 126 Å². The number of hydrogen-bond acceptors (Lipinski definition) is 4. The average Bonchev–Trinajstić information content (AvgIpc) is 2.76. The predicted molar refractivity (Wildman–Crippen MR) is 79.6 cm³/mol. The normalized spacial score (nSPS) is 22.9. The van der Waals surface area contributed by atoms with Crippen molar-refractivity contribution in [1.82, 2.24) is 14.7 Å². The van der Waals surface area contributed by atoms with E-state index in [0.29, 0.717) is 32.5 Å². The van der Waals surface area contributed by atoms with E-state index in [1.165, 1.54) is 0 Å². The summed E-state index contributed by atoms with van der Waals surface area (Å²) in [4.78, 5) is 30.0. The summed E-state index contributed by atoms with van der Waals surface area (Å²) in [6.45, 7) is 6.02. The summed E-state index contributed by atoms with van der Waals surface area (Å²) in [6, 6.07) is -0.420. The van der Waals surface area contributed by atoms with Gasteiger partial charge in [-0.05, 0) is 33.5 Å². The first kappa shape index (κ1) is 16.0. The lowest BCUT2D eigenvalue weighted by molar-refractivity contribution is -0.150. The first-order valence-corrected chi connectivity index (χ1v) is 7.46. The van der Waals surface area contributed by atoms with Crippen LogP contribution in [-0.2, 0) is 9.59 Å². The number of amides is 2. The van der Waals surface area contributed by atoms with Crippen molar-refractivity contribution in [2.45, 2.75) is 31.4 Å². The van der Waals surface area contributed by atoms with Gasteiger partial charge in [0.05, 0.1) is 6.10 Å². The summed E-state index contributed by atoms with van der Waals surface area (Å²) in [5.74, 6) is -0.0326. The molecule has 2 rings (SSSR count). The monoisotopic (exact) mass is 295 g/mol. The van der Waals surface area contributed by atoms with Crippen molar-refractivity contribution in [3.63, 3.8) is 0 Å². The third kappa shape index (κ3) is 3.83. The van der Waals surface area contributed by atoms with Crippen molar-refractivity contribution < 1.29 is 14.7 Å². The number of aliphatic hydroxyl groups is 1. The van der Waals surface area contributed by atoms with Crippen LogP contribution in [0.1, 0.15) is 19.3 Å². The van der Waals surface area contributed by atoms with Gasteiger partial charge in [0.2, 0.25) is 11.8 Å². The molecule has 118 valence electrons. The molecule has 2 heterocycles. The molecule has 0 spiro atoms. The Kier molecular flexibility index (Phi) is 5.00. The molecule has 2 amide bonds. The molecule has 0 saturated carbocycles. The molecule has 2 saturated heterocycles. The smallest absolute Gasteiger partial charge is 0.245 e. The molecule has 2 aliphatic rings. The first-order valence-electron chi connectivity index (χ1n) is 7.46. The molecule has 0 aromatic rings. The van der Waals surface area contributed by atoms with Crippen LogP contribution in [0.15, 0.2) is 12.2 Å². The number of carbonyl (C=O) groups is 2. The molecule has 0 aromatic carbocycles. The lowest BCUT2D eigenvalue weighted by Crippen LogP contribution is -2.58. The summed E-state index contributed by atoms with van der Waals surface area (Å²) in [6.07, 6.45) is 1.38. The highest BCUT2D eigenvalue weighted by Gasteiger charge is 2.41. The highest BCUT2D eigenvalue weighted by atomic mass is 16.3. The van der Waals surface area contributed by atoms with Gasteiger partial charge in [0.1, 0.15) is 6.04 Å². The number of nitrogens with zero attached hydrogens (tertiary/aromatic N) is 3. The zero-order chi connectivity index (χ0) is 15.6. The third-order valence-corrected chi connectivity index (χ3v) is 4.03. The summed E-state index contributed by atoms with van der Waals surface area (Å²) in [5.41, 5.74) is 0.926. The third-order valence-electron chi connectivity index (χ3n) is 4.03. The van der Waals surface area contributed by atoms with E-state index in [9.17, 15) is 14.7 Å². The van der Waals surface area contributed by atoms with Gasteiger partial charge in [-0.15, -0.1) is 0 Å². The molecule has 2 aliphatic heterocycles. The van der Waals surface area contributed by atoms with Crippen LogP contribution in [0, 0.1) is 0 Å². The van der Waals surface area contributed by atoms with Crippen LogP contribution in [0.25, 0.3) is 0 Å². The van der Waals surface area contributed by atoms with Crippen molar-refractivity contribution in [1.29, 1.82) is 0 Å². The number of likely N-dealkylation sites (tertiary alicyclic amines) is 2. The van der Waals surface area contributed by atoms with Crippen molar-refractivity contribution in [3.05, 3.63) is 12.2 Å². The fourth-order valence-electron chi connectivity index (χ4n) is 2.82. The molecular formula is C15H25N3O3. The average molecular weight is 295 g/mol. The zero-order valence-electron chi connectivity index (χ0n) is 12.9. The van der Waals surface area contributed by atoms with Crippen LogP contribution < -0.4 is 0 Å². The van der Waals surface area contributed by atoms with Crippen LogP contribution in [0.4, 0.5) is 0 Å². The van der Waals surface area contributed by atoms with Crippen LogP contribution in [-0.4, -0.2) is 84.0 Å². The minimum Gasteiger partial charge on any atom is -0.389 e. The minimum atomic E-state index is -0.420. The quantitative estimate of drug-likeness (QED) is 0.707. The van der Waals surface area contributed by atoms with Crippen molar-refractivity contribution in [3.8, 4) is 0 Å². The van der Waals surface area contributed by atoms with E-state index >= 15 is 0 Å². The van der Waals surface area contributed by atoms with Crippen molar-refractivity contribution in [2.24, 2.45) is 0 Å². The van der Waals surface area contributed by atoms with Crippen molar-refractivity contribution in [2.75, 3.05) is 40.3 Å². The minimum absolute atomic E-state index is 0.0231. The summed E-state index contributed by atoms with van der Waals surface area (Å²) in [5, 5.41) is 9.31. The van der Waals surface area contributed by atoms with E-state index in [-0.39, 0.29) is 11.8 Å². The highest BCUT2D eigenvalue weighted by molar-refractivity contribution is 5.89. The Hall–Kier alpha value is -1.40. The molecule has 0 aromatic heterocycles. The molecule has 0 bridgehead atoms. The first-order chi connectivity index (χ1) is 9.88. The molecule has 0 aliphatic carbocycles. The van der Waals surface area contributed by atoms with E-state index in [1.54, 1.807) is 9.80 Å². The molecule has 1 atom stereocenters. The number of rotatable bonds is 5. The van der Waals surface area contributed by atoms with E-state index in [2.05, 4.69) is 6.58 Å². The van der Waals surface area contributed by atoms with Gasteiger partial charge in [0.25, 0.3) is 0 Å². The molecule has 0 radical (unpaired) electrons. The van der Waals surface area contributed by atoms with Crippen LogP contribution in [0.3, 0.4) is 0 Å². The number of aliphatic hydroxyl groups excluding tert-OH is 1. The van der Waals surface area contributed by atoms with Gasteiger partial charge in [-0.3, -0.25) is 9.59 Å². The zero-order valence-corrected chi connectivity index (χ0v) is 12.9. The predicted octanol–water partition coefficient (Wildman–Crippen LogP) is -0.312. The number of hydrogen-bond donors (Lipinski definition) is 1. The number of β-amino-alcohol motifs (C(OH)–C–C–N with tert-alkyl or cyclic N) is 1. The molecule has 6 nitrogen and oxygen atoms in total. The molecule has 2 fully saturated rings. The van der Waals surface area contributed by atoms with Crippen LogP contribution in [0.2, 0.25) is 0 Å². The lowest BCUT2D eigenvalue weighted by atomic mass is 10.1. The molecule has 21 heavy (non-hydrogen) atoms. The molecule has 0 unspecified atom stereocenters.